The van der Waals surface area contributed by atoms with Crippen LogP contribution in [-0.4, -0.2) is 41.8 Å². The summed E-state index contributed by atoms with van der Waals surface area (Å²) < 4.78 is 5.13. The maximum atomic E-state index is 13.2. The van der Waals surface area contributed by atoms with Crippen LogP contribution in [0.1, 0.15) is 35.2 Å². The largest absolute Gasteiger partial charge is 0.497 e. The van der Waals surface area contributed by atoms with E-state index in [1.807, 2.05) is 25.1 Å². The molecule has 1 atom stereocenters. The van der Waals surface area contributed by atoms with Gasteiger partial charge in [0.2, 0.25) is 5.91 Å². The van der Waals surface area contributed by atoms with Gasteiger partial charge < -0.3 is 9.64 Å². The number of carbonyl (C=O) groups is 3. The molecule has 2 aromatic carbocycles. The van der Waals surface area contributed by atoms with Gasteiger partial charge in [-0.25, -0.2) is 4.90 Å². The Balaban J connectivity index is 1.63. The van der Waals surface area contributed by atoms with Gasteiger partial charge in [-0.05, 0) is 55.7 Å². The molecular formula is C22H22N2O4. The molecule has 2 aromatic rings. The first-order valence-corrected chi connectivity index (χ1v) is 9.40. The first kappa shape index (κ1) is 18.2. The molecule has 0 spiro atoms. The highest BCUT2D eigenvalue weighted by Crippen LogP contribution is 2.35. The van der Waals surface area contributed by atoms with Crippen molar-refractivity contribution in [3.05, 3.63) is 59.7 Å². The molecule has 0 aromatic heterocycles. The molecule has 1 saturated heterocycles. The summed E-state index contributed by atoms with van der Waals surface area (Å²) in [5, 5.41) is 0. The molecule has 0 radical (unpaired) electrons. The Kier molecular flexibility index (Phi) is 4.63. The van der Waals surface area contributed by atoms with Gasteiger partial charge in [-0.3, -0.25) is 14.4 Å². The van der Waals surface area contributed by atoms with Crippen molar-refractivity contribution < 1.29 is 19.1 Å². The van der Waals surface area contributed by atoms with Gasteiger partial charge in [0.1, 0.15) is 11.8 Å². The zero-order valence-corrected chi connectivity index (χ0v) is 15.9. The number of nitrogens with zero attached hydrogens (tertiary/aromatic N) is 2. The molecular weight excluding hydrogens is 356 g/mol. The highest BCUT2D eigenvalue weighted by atomic mass is 16.5. The number of ether oxygens (including phenoxy) is 1. The Morgan fingerprint density at radius 2 is 1.75 bits per heavy atom. The van der Waals surface area contributed by atoms with Crippen LogP contribution in [0.3, 0.4) is 0 Å². The number of amides is 3. The number of carbonyl (C=O) groups excluding carboxylic acids is 3. The van der Waals surface area contributed by atoms with Crippen molar-refractivity contribution in [2.75, 3.05) is 12.0 Å². The van der Waals surface area contributed by atoms with E-state index >= 15 is 0 Å². The third-order valence-corrected chi connectivity index (χ3v) is 5.34. The van der Waals surface area contributed by atoms with Crippen LogP contribution >= 0.6 is 0 Å². The van der Waals surface area contributed by atoms with E-state index in [2.05, 4.69) is 0 Å². The van der Waals surface area contributed by atoms with Gasteiger partial charge in [0, 0.05) is 11.6 Å². The van der Waals surface area contributed by atoms with Gasteiger partial charge in [-0.1, -0.05) is 18.2 Å². The molecule has 6 heteroatoms. The van der Waals surface area contributed by atoms with Gasteiger partial charge in [-0.2, -0.15) is 0 Å². The Bertz CT molecular complexity index is 934. The number of rotatable bonds is 5. The van der Waals surface area contributed by atoms with Crippen molar-refractivity contribution in [3.8, 4) is 5.75 Å². The van der Waals surface area contributed by atoms with Crippen molar-refractivity contribution in [2.24, 2.45) is 0 Å². The second kappa shape index (κ2) is 7.11. The third kappa shape index (κ3) is 3.15. The molecule has 4 rings (SSSR count). The summed E-state index contributed by atoms with van der Waals surface area (Å²) in [5.41, 5.74) is 1.94. The summed E-state index contributed by atoms with van der Waals surface area (Å²) in [7, 11) is 1.56. The molecule has 0 bridgehead atoms. The average molecular weight is 378 g/mol. The summed E-state index contributed by atoms with van der Waals surface area (Å²) >= 11 is 0. The maximum Gasteiger partial charge on any atom is 0.257 e. The number of hydrogen-bond donors (Lipinski definition) is 0. The zero-order valence-electron chi connectivity index (χ0n) is 15.9. The summed E-state index contributed by atoms with van der Waals surface area (Å²) in [5.74, 6) is -0.163. The number of methoxy groups -OCH3 is 1. The third-order valence-electron chi connectivity index (χ3n) is 5.34. The Labute approximate surface area is 163 Å². The SMILES string of the molecule is COc1ccc(N2C(=O)CC(N(C(=O)c3ccccc3C)C3CC3)C2=O)cc1. The van der Waals surface area contributed by atoms with Gasteiger partial charge in [0.25, 0.3) is 11.8 Å². The van der Waals surface area contributed by atoms with Gasteiger partial charge in [0.05, 0.1) is 19.2 Å². The molecule has 1 aliphatic heterocycles. The van der Waals surface area contributed by atoms with Crippen molar-refractivity contribution in [1.29, 1.82) is 0 Å². The van der Waals surface area contributed by atoms with Gasteiger partial charge in [-0.15, -0.1) is 0 Å². The lowest BCUT2D eigenvalue weighted by molar-refractivity contribution is -0.122. The smallest absolute Gasteiger partial charge is 0.257 e. The van der Waals surface area contributed by atoms with E-state index in [1.54, 1.807) is 42.3 Å². The average Bonchev–Trinajstić information content (AvgIpc) is 3.48. The van der Waals surface area contributed by atoms with Crippen molar-refractivity contribution in [2.45, 2.75) is 38.3 Å². The van der Waals surface area contributed by atoms with Crippen molar-refractivity contribution in [1.82, 2.24) is 4.90 Å². The second-order valence-corrected chi connectivity index (χ2v) is 7.24. The lowest BCUT2D eigenvalue weighted by Gasteiger charge is -2.28. The number of aryl methyl sites for hydroxylation is 1. The number of imide groups is 1. The molecule has 1 saturated carbocycles. The van der Waals surface area contributed by atoms with Crippen molar-refractivity contribution >= 4 is 23.4 Å². The Hall–Kier alpha value is -3.15. The lowest BCUT2D eigenvalue weighted by atomic mass is 10.1. The molecule has 3 amide bonds. The Morgan fingerprint density at radius 1 is 1.07 bits per heavy atom. The van der Waals surface area contributed by atoms with Gasteiger partial charge >= 0.3 is 0 Å². The molecule has 28 heavy (non-hydrogen) atoms. The topological polar surface area (TPSA) is 66.9 Å². The van der Waals surface area contributed by atoms with Crippen LogP contribution in [-0.2, 0) is 9.59 Å². The first-order valence-electron chi connectivity index (χ1n) is 9.40. The van der Waals surface area contributed by atoms with E-state index < -0.39 is 6.04 Å². The molecule has 1 aliphatic carbocycles. The fourth-order valence-corrected chi connectivity index (χ4v) is 3.70. The van der Waals surface area contributed by atoms with Crippen LogP contribution in [0.5, 0.6) is 5.75 Å². The predicted molar refractivity (Wildman–Crippen MR) is 104 cm³/mol. The molecule has 6 nitrogen and oxygen atoms in total. The summed E-state index contributed by atoms with van der Waals surface area (Å²) in [6.07, 6.45) is 1.73. The lowest BCUT2D eigenvalue weighted by Crippen LogP contribution is -2.47. The summed E-state index contributed by atoms with van der Waals surface area (Å²) in [6, 6.07) is 13.4. The zero-order chi connectivity index (χ0) is 19.8. The van der Waals surface area contributed by atoms with Crippen LogP contribution in [0.4, 0.5) is 5.69 Å². The van der Waals surface area contributed by atoms with Crippen molar-refractivity contribution in [3.63, 3.8) is 0 Å². The molecule has 1 heterocycles. The fraction of sp³-hybridized carbons (Fsp3) is 0.318. The van der Waals surface area contributed by atoms with Gasteiger partial charge in [0.15, 0.2) is 0 Å². The van der Waals surface area contributed by atoms with E-state index in [4.69, 9.17) is 4.74 Å². The van der Waals surface area contributed by atoms with E-state index in [-0.39, 0.29) is 30.2 Å². The second-order valence-electron chi connectivity index (χ2n) is 7.24. The fourth-order valence-electron chi connectivity index (χ4n) is 3.70. The number of benzene rings is 2. The molecule has 2 fully saturated rings. The van der Waals surface area contributed by atoms with Crippen LogP contribution < -0.4 is 9.64 Å². The summed E-state index contributed by atoms with van der Waals surface area (Å²) in [6.45, 7) is 1.88. The number of hydrogen-bond acceptors (Lipinski definition) is 4. The minimum Gasteiger partial charge on any atom is -0.497 e. The van der Waals surface area contributed by atoms with E-state index in [1.165, 1.54) is 4.90 Å². The van der Waals surface area contributed by atoms with E-state index in [0.29, 0.717) is 17.0 Å². The molecule has 2 aliphatic rings. The molecule has 1 unspecified atom stereocenters. The van der Waals surface area contributed by atoms with E-state index in [0.717, 1.165) is 18.4 Å². The molecule has 144 valence electrons. The highest BCUT2D eigenvalue weighted by Gasteiger charge is 2.49. The predicted octanol–water partition coefficient (Wildman–Crippen LogP) is 2.94. The quantitative estimate of drug-likeness (QED) is 0.751. The van der Waals surface area contributed by atoms with E-state index in [9.17, 15) is 14.4 Å². The summed E-state index contributed by atoms with van der Waals surface area (Å²) in [4.78, 5) is 41.9. The monoisotopic (exact) mass is 378 g/mol. The van der Waals surface area contributed by atoms with Crippen LogP contribution in [0, 0.1) is 6.92 Å². The highest BCUT2D eigenvalue weighted by molar-refractivity contribution is 6.23. The maximum absolute atomic E-state index is 13.2. The van der Waals surface area contributed by atoms with Crippen LogP contribution in [0.15, 0.2) is 48.5 Å². The first-order chi connectivity index (χ1) is 13.5. The minimum absolute atomic E-state index is 0.0129. The number of anilines is 1. The van der Waals surface area contributed by atoms with Crippen LogP contribution in [0.25, 0.3) is 0 Å². The minimum atomic E-state index is -0.755. The van der Waals surface area contributed by atoms with Crippen LogP contribution in [0.2, 0.25) is 0 Å². The molecule has 0 N–H and O–H groups in total. The normalized spacial score (nSPS) is 19.1. The standard InChI is InChI=1S/C22H22N2O4/c1-14-5-3-4-6-18(14)21(26)23(15-7-8-15)19-13-20(25)24(22(19)27)16-9-11-17(28-2)12-10-16/h3-6,9-12,15,19H,7-8,13H2,1-2H3. The Morgan fingerprint density at radius 3 is 2.36 bits per heavy atom.